The number of hydrogen-bond donors (Lipinski definition) is 2. The lowest BCUT2D eigenvalue weighted by Gasteiger charge is -2.13. The summed E-state index contributed by atoms with van der Waals surface area (Å²) in [5.74, 6) is -1.90. The Kier molecular flexibility index (Phi) is 4.52. The summed E-state index contributed by atoms with van der Waals surface area (Å²) in [6.45, 7) is 2.85. The zero-order valence-electron chi connectivity index (χ0n) is 7.57. The van der Waals surface area contributed by atoms with E-state index in [-0.39, 0.29) is 12.3 Å². The van der Waals surface area contributed by atoms with Crippen LogP contribution in [0.2, 0.25) is 0 Å². The maximum absolute atomic E-state index is 10.6. The maximum atomic E-state index is 10.6. The lowest BCUT2D eigenvalue weighted by atomic mass is 10.0. The van der Waals surface area contributed by atoms with Gasteiger partial charge in [-0.3, -0.25) is 4.79 Å². The number of nitrogens with one attached hydrogen (secondary N) is 1. The molecule has 0 saturated carbocycles. The number of hydrogen-bond acceptors (Lipinski definition) is 3. The molecule has 0 heterocycles. The van der Waals surface area contributed by atoms with Gasteiger partial charge in [-0.05, 0) is 13.3 Å². The zero-order valence-corrected chi connectivity index (χ0v) is 7.57. The molecule has 0 spiro atoms. The molecule has 0 radical (unpaired) electrons. The number of rotatable bonds is 4. The van der Waals surface area contributed by atoms with Crippen molar-refractivity contribution in [2.45, 2.75) is 26.3 Å². The molecule has 0 aromatic carbocycles. The van der Waals surface area contributed by atoms with Gasteiger partial charge in [0, 0.05) is 12.8 Å². The highest BCUT2D eigenvalue weighted by Crippen LogP contribution is 2.04. The molecule has 0 bridgehead atoms. The molecule has 5 nitrogen and oxygen atoms in total. The van der Waals surface area contributed by atoms with Gasteiger partial charge < -0.3 is 10.4 Å². The molecular weight excluding hydrogens is 172 g/mol. The lowest BCUT2D eigenvalue weighted by molar-refractivity contribution is -0.141. The highest BCUT2D eigenvalue weighted by Gasteiger charge is 2.20. The molecule has 1 amide bonds. The third kappa shape index (κ3) is 4.80. The normalized spacial score (nSPS) is 13.9. The van der Waals surface area contributed by atoms with Crippen molar-refractivity contribution >= 4 is 11.9 Å². The number of nitrogens with zero attached hydrogens (tertiary/aromatic N) is 1. The van der Waals surface area contributed by atoms with Gasteiger partial charge in [0.05, 0.1) is 6.07 Å². The number of carboxylic acids is 1. The van der Waals surface area contributed by atoms with Crippen LogP contribution in [0.15, 0.2) is 0 Å². The second kappa shape index (κ2) is 5.14. The first-order valence-corrected chi connectivity index (χ1v) is 3.87. The Morgan fingerprint density at radius 1 is 1.62 bits per heavy atom. The van der Waals surface area contributed by atoms with Crippen LogP contribution in [-0.2, 0) is 9.59 Å². The summed E-state index contributed by atoms with van der Waals surface area (Å²) in [6.07, 6.45) is 0.130. The van der Waals surface area contributed by atoms with Gasteiger partial charge in [0.25, 0.3) is 0 Å². The van der Waals surface area contributed by atoms with Crippen molar-refractivity contribution < 1.29 is 14.7 Å². The summed E-state index contributed by atoms with van der Waals surface area (Å²) in [7, 11) is 0. The Labute approximate surface area is 76.4 Å². The van der Waals surface area contributed by atoms with Gasteiger partial charge in [-0.25, -0.2) is 4.79 Å². The van der Waals surface area contributed by atoms with E-state index in [0.717, 1.165) is 0 Å². The molecular formula is C8H12N2O3. The van der Waals surface area contributed by atoms with Crippen LogP contribution >= 0.6 is 0 Å². The fourth-order valence-electron chi connectivity index (χ4n) is 0.873. The zero-order chi connectivity index (χ0) is 10.4. The highest BCUT2D eigenvalue weighted by atomic mass is 16.4. The number of carbonyl (C=O) groups is 2. The quantitative estimate of drug-likeness (QED) is 0.649. The van der Waals surface area contributed by atoms with Gasteiger partial charge in [0.1, 0.15) is 6.04 Å². The fraction of sp³-hybridized carbons (Fsp3) is 0.625. The molecule has 0 aromatic rings. The monoisotopic (exact) mass is 184 g/mol. The largest absolute Gasteiger partial charge is 0.480 e. The number of amides is 1. The van der Waals surface area contributed by atoms with E-state index < -0.39 is 17.9 Å². The minimum absolute atomic E-state index is 0.130. The van der Waals surface area contributed by atoms with E-state index in [1.807, 2.05) is 6.07 Å². The summed E-state index contributed by atoms with van der Waals surface area (Å²) < 4.78 is 0. The van der Waals surface area contributed by atoms with E-state index in [1.54, 1.807) is 6.92 Å². The van der Waals surface area contributed by atoms with Gasteiger partial charge in [-0.2, -0.15) is 5.26 Å². The van der Waals surface area contributed by atoms with Crippen molar-refractivity contribution in [3.8, 4) is 6.07 Å². The van der Waals surface area contributed by atoms with Crippen LogP contribution in [-0.4, -0.2) is 23.0 Å². The third-order valence-corrected chi connectivity index (χ3v) is 1.49. The van der Waals surface area contributed by atoms with Crippen molar-refractivity contribution in [3.05, 3.63) is 0 Å². The van der Waals surface area contributed by atoms with Crippen LogP contribution in [0.4, 0.5) is 0 Å². The molecule has 0 aromatic heterocycles. The van der Waals surface area contributed by atoms with Crippen LogP contribution in [0, 0.1) is 17.2 Å². The van der Waals surface area contributed by atoms with Gasteiger partial charge in [0.15, 0.2) is 0 Å². The number of carbonyl (C=O) groups excluding carboxylic acids is 1. The second-order valence-corrected chi connectivity index (χ2v) is 2.86. The van der Waals surface area contributed by atoms with Gasteiger partial charge in [-0.1, -0.05) is 0 Å². The van der Waals surface area contributed by atoms with E-state index >= 15 is 0 Å². The maximum Gasteiger partial charge on any atom is 0.326 e. The average molecular weight is 184 g/mol. The van der Waals surface area contributed by atoms with Gasteiger partial charge in [0.2, 0.25) is 5.91 Å². The molecule has 2 N–H and O–H groups in total. The first-order chi connectivity index (χ1) is 5.97. The molecule has 0 aliphatic rings. The summed E-state index contributed by atoms with van der Waals surface area (Å²) in [4.78, 5) is 21.1. The Balaban J connectivity index is 4.20. The van der Waals surface area contributed by atoms with Crippen molar-refractivity contribution in [3.63, 3.8) is 0 Å². The molecule has 13 heavy (non-hydrogen) atoms. The molecule has 2 atom stereocenters. The number of nitriles is 1. The van der Waals surface area contributed by atoms with E-state index in [9.17, 15) is 9.59 Å². The summed E-state index contributed by atoms with van der Waals surface area (Å²) in [5.41, 5.74) is 0. The second-order valence-electron chi connectivity index (χ2n) is 2.86. The van der Waals surface area contributed by atoms with Crippen molar-refractivity contribution in [2.24, 2.45) is 5.92 Å². The molecule has 0 fully saturated rings. The van der Waals surface area contributed by atoms with Crippen molar-refractivity contribution in [1.82, 2.24) is 5.32 Å². The minimum Gasteiger partial charge on any atom is -0.480 e. The SMILES string of the molecule is CC(=O)NC(CC(C)C#N)C(=O)O. The molecule has 0 rings (SSSR count). The predicted octanol–water partition coefficient (Wildman–Crippen LogP) is 0.125. The Hall–Kier alpha value is -1.57. The van der Waals surface area contributed by atoms with Crippen LogP contribution in [0.5, 0.6) is 0 Å². The van der Waals surface area contributed by atoms with Crippen molar-refractivity contribution in [1.29, 1.82) is 5.26 Å². The van der Waals surface area contributed by atoms with Gasteiger partial charge >= 0.3 is 5.97 Å². The molecule has 0 aliphatic heterocycles. The highest BCUT2D eigenvalue weighted by molar-refractivity contribution is 5.82. The summed E-state index contributed by atoms with van der Waals surface area (Å²) in [6, 6.07) is 0.943. The fourth-order valence-corrected chi connectivity index (χ4v) is 0.873. The number of carboxylic acid groups (broad SMARTS) is 1. The van der Waals surface area contributed by atoms with E-state index in [2.05, 4.69) is 5.32 Å². The first-order valence-electron chi connectivity index (χ1n) is 3.87. The third-order valence-electron chi connectivity index (χ3n) is 1.49. The van der Waals surface area contributed by atoms with Gasteiger partial charge in [-0.15, -0.1) is 0 Å². The minimum atomic E-state index is -1.11. The van der Waals surface area contributed by atoms with Crippen LogP contribution in [0.25, 0.3) is 0 Å². The summed E-state index contributed by atoms with van der Waals surface area (Å²) in [5, 5.41) is 19.3. The smallest absolute Gasteiger partial charge is 0.326 e. The van der Waals surface area contributed by atoms with Crippen LogP contribution in [0.3, 0.4) is 0 Å². The van der Waals surface area contributed by atoms with E-state index in [4.69, 9.17) is 10.4 Å². The number of aliphatic carboxylic acids is 1. The Bertz CT molecular complexity index is 244. The first kappa shape index (κ1) is 11.4. The predicted molar refractivity (Wildman–Crippen MR) is 44.6 cm³/mol. The van der Waals surface area contributed by atoms with Crippen molar-refractivity contribution in [2.75, 3.05) is 0 Å². The topological polar surface area (TPSA) is 90.2 Å². The van der Waals surface area contributed by atoms with E-state index in [1.165, 1.54) is 6.92 Å². The molecule has 5 heteroatoms. The average Bonchev–Trinajstić information content (AvgIpc) is 2.02. The Morgan fingerprint density at radius 2 is 2.15 bits per heavy atom. The molecule has 0 aliphatic carbocycles. The van der Waals surface area contributed by atoms with Crippen LogP contribution < -0.4 is 5.32 Å². The standard InChI is InChI=1S/C8H12N2O3/c1-5(4-9)3-7(8(12)13)10-6(2)11/h5,7H,3H2,1-2H3,(H,10,11)(H,12,13). The Morgan fingerprint density at radius 3 is 2.46 bits per heavy atom. The molecule has 2 unspecified atom stereocenters. The summed E-state index contributed by atoms with van der Waals surface area (Å²) >= 11 is 0. The van der Waals surface area contributed by atoms with E-state index in [0.29, 0.717) is 0 Å². The van der Waals surface area contributed by atoms with Crippen LogP contribution in [0.1, 0.15) is 20.3 Å². The molecule has 72 valence electrons. The molecule has 0 saturated heterocycles. The lowest BCUT2D eigenvalue weighted by Crippen LogP contribution is -2.40.